The van der Waals surface area contributed by atoms with Crippen LogP contribution in [0, 0.1) is 23.8 Å². The number of anilines is 1. The molecule has 2 aromatic rings. The number of amides is 1. The van der Waals surface area contributed by atoms with Crippen molar-refractivity contribution in [2.75, 3.05) is 11.7 Å². The highest BCUT2D eigenvalue weighted by Crippen LogP contribution is 2.37. The third-order valence-electron chi connectivity index (χ3n) is 4.18. The highest BCUT2D eigenvalue weighted by Gasteiger charge is 2.31. The molecule has 2 aliphatic rings. The summed E-state index contributed by atoms with van der Waals surface area (Å²) in [7, 11) is 0. The lowest BCUT2D eigenvalue weighted by Crippen LogP contribution is -2.37. The van der Waals surface area contributed by atoms with Crippen LogP contribution in [0.1, 0.15) is 19.7 Å². The van der Waals surface area contributed by atoms with E-state index in [1.807, 2.05) is 10.7 Å². The van der Waals surface area contributed by atoms with Gasteiger partial charge in [0.2, 0.25) is 4.80 Å². The smallest absolute Gasteiger partial charge is 0.298 e. The van der Waals surface area contributed by atoms with Crippen molar-refractivity contribution in [1.82, 2.24) is 8.94 Å². The maximum atomic E-state index is 14.5. The van der Waals surface area contributed by atoms with Gasteiger partial charge in [0.15, 0.2) is 12.4 Å². The number of nitrogens with zero attached hydrogens (tertiary/aromatic N) is 4. The molecule has 3 heterocycles. The van der Waals surface area contributed by atoms with E-state index in [2.05, 4.69) is 23.2 Å². The first kappa shape index (κ1) is 16.6. The average molecular weight is 374 g/mol. The third-order valence-corrected chi connectivity index (χ3v) is 4.96. The highest BCUT2D eigenvalue weighted by atomic mass is 32.1. The van der Waals surface area contributed by atoms with Crippen LogP contribution in [0.15, 0.2) is 17.1 Å². The van der Waals surface area contributed by atoms with Gasteiger partial charge in [0.1, 0.15) is 29.1 Å². The van der Waals surface area contributed by atoms with E-state index in [1.165, 1.54) is 23.7 Å². The number of benzene rings is 1. The van der Waals surface area contributed by atoms with Crippen molar-refractivity contribution >= 4 is 28.8 Å². The molecule has 1 amide bonds. The second kappa shape index (κ2) is 5.85. The molecule has 0 saturated heterocycles. The predicted molar refractivity (Wildman–Crippen MR) is 92.1 cm³/mol. The van der Waals surface area contributed by atoms with Crippen molar-refractivity contribution in [2.45, 2.75) is 26.8 Å². The van der Waals surface area contributed by atoms with Gasteiger partial charge in [-0.25, -0.2) is 9.38 Å². The van der Waals surface area contributed by atoms with Crippen molar-refractivity contribution in [1.29, 1.82) is 0 Å². The van der Waals surface area contributed by atoms with E-state index in [-0.39, 0.29) is 29.1 Å². The molecule has 0 aliphatic carbocycles. The van der Waals surface area contributed by atoms with Crippen LogP contribution in [-0.4, -0.2) is 21.5 Å². The molecule has 0 fully saturated rings. The van der Waals surface area contributed by atoms with Crippen molar-refractivity contribution in [3.63, 3.8) is 0 Å². The Morgan fingerprint density at radius 2 is 2.31 bits per heavy atom. The molecule has 1 aromatic carbocycles. The normalized spacial score (nSPS) is 18.2. The van der Waals surface area contributed by atoms with Gasteiger partial charge in [0.05, 0.1) is 0 Å². The molecule has 0 saturated carbocycles. The lowest BCUT2D eigenvalue weighted by molar-refractivity contribution is -0.126. The van der Waals surface area contributed by atoms with Gasteiger partial charge in [0.25, 0.3) is 5.91 Å². The standard InChI is InChI=1S/C17H15FN4O3S/c1-4-25-22-12-6-11(10(18)5-13(12)24-8-15(22)23)19-16-21-9-17(2,3)7-14(21)20-26-16/h1,5-6H,7-9H2,2-3H3. The molecule has 0 N–H and O–H groups in total. The summed E-state index contributed by atoms with van der Waals surface area (Å²) in [4.78, 5) is 21.8. The van der Waals surface area contributed by atoms with Crippen LogP contribution in [0.25, 0.3) is 0 Å². The molecule has 7 nitrogen and oxygen atoms in total. The second-order valence-corrected chi connectivity index (χ2v) is 7.61. The van der Waals surface area contributed by atoms with Crippen molar-refractivity contribution in [2.24, 2.45) is 10.4 Å². The number of carbonyl (C=O) groups excluding carboxylic acids is 1. The minimum atomic E-state index is -0.571. The Morgan fingerprint density at radius 1 is 1.50 bits per heavy atom. The lowest BCUT2D eigenvalue weighted by atomic mass is 9.92. The molecule has 0 spiro atoms. The summed E-state index contributed by atoms with van der Waals surface area (Å²) >= 11 is 1.21. The minimum Gasteiger partial charge on any atom is -0.481 e. The van der Waals surface area contributed by atoms with Gasteiger partial charge in [0, 0.05) is 30.6 Å². The van der Waals surface area contributed by atoms with Gasteiger partial charge in [-0.05, 0) is 11.5 Å². The summed E-state index contributed by atoms with van der Waals surface area (Å²) < 4.78 is 26.1. The average Bonchev–Trinajstić information content (AvgIpc) is 3.07. The van der Waals surface area contributed by atoms with Gasteiger partial charge < -0.3 is 14.1 Å². The van der Waals surface area contributed by atoms with E-state index in [0.29, 0.717) is 4.80 Å². The summed E-state index contributed by atoms with van der Waals surface area (Å²) in [5, 5.41) is 0.907. The van der Waals surface area contributed by atoms with E-state index in [0.717, 1.165) is 23.9 Å². The van der Waals surface area contributed by atoms with Gasteiger partial charge in [-0.3, -0.25) is 4.79 Å². The molecule has 9 heteroatoms. The van der Waals surface area contributed by atoms with Gasteiger partial charge >= 0.3 is 0 Å². The molecule has 0 bridgehead atoms. The molecule has 0 unspecified atom stereocenters. The second-order valence-electron chi connectivity index (χ2n) is 6.88. The van der Waals surface area contributed by atoms with Gasteiger partial charge in [-0.2, -0.15) is 4.37 Å². The minimum absolute atomic E-state index is 0.0522. The summed E-state index contributed by atoms with van der Waals surface area (Å²) in [6, 6.07) is 2.55. The van der Waals surface area contributed by atoms with Crippen LogP contribution >= 0.6 is 11.5 Å². The first-order valence-corrected chi connectivity index (χ1v) is 8.67. The zero-order valence-corrected chi connectivity index (χ0v) is 15.0. The first-order valence-electron chi connectivity index (χ1n) is 7.90. The number of carbonyl (C=O) groups is 1. The molecule has 2 aliphatic heterocycles. The quantitative estimate of drug-likeness (QED) is 0.756. The molecular formula is C17H15FN4O3S. The Labute approximate surface area is 152 Å². The molecule has 1 aromatic heterocycles. The maximum Gasteiger partial charge on any atom is 0.298 e. The Bertz CT molecular complexity index is 1020. The van der Waals surface area contributed by atoms with Crippen LogP contribution < -0.4 is 14.6 Å². The van der Waals surface area contributed by atoms with E-state index in [4.69, 9.17) is 16.0 Å². The Hall–Kier alpha value is -2.86. The zero-order chi connectivity index (χ0) is 18.5. The van der Waals surface area contributed by atoms with Gasteiger partial charge in [-0.15, -0.1) is 5.06 Å². The fraction of sp³-hybridized carbons (Fsp3) is 0.353. The number of halogens is 1. The molecular weight excluding hydrogens is 359 g/mol. The Balaban J connectivity index is 1.80. The molecule has 0 atom stereocenters. The number of hydrogen-bond acceptors (Lipinski definition) is 6. The van der Waals surface area contributed by atoms with Crippen molar-refractivity contribution < 1.29 is 18.8 Å². The van der Waals surface area contributed by atoms with E-state index < -0.39 is 11.7 Å². The molecule has 0 radical (unpaired) electrons. The number of hydroxylamine groups is 1. The van der Waals surface area contributed by atoms with Crippen molar-refractivity contribution in [3.05, 3.63) is 28.6 Å². The molecule has 26 heavy (non-hydrogen) atoms. The fourth-order valence-electron chi connectivity index (χ4n) is 3.06. The number of hydrogen-bond donors (Lipinski definition) is 0. The zero-order valence-electron chi connectivity index (χ0n) is 14.2. The Kier molecular flexibility index (Phi) is 3.73. The Morgan fingerprint density at radius 3 is 3.08 bits per heavy atom. The molecule has 4 rings (SSSR count). The summed E-state index contributed by atoms with van der Waals surface area (Å²) in [6.45, 7) is 4.78. The summed E-state index contributed by atoms with van der Waals surface area (Å²) in [5.74, 6) is 0.0501. The topological polar surface area (TPSA) is 68.9 Å². The maximum absolute atomic E-state index is 14.5. The fourth-order valence-corrected chi connectivity index (χ4v) is 3.82. The lowest BCUT2D eigenvalue weighted by Gasteiger charge is -2.26. The summed E-state index contributed by atoms with van der Waals surface area (Å²) in [5.41, 5.74) is 0.356. The monoisotopic (exact) mass is 374 g/mol. The third kappa shape index (κ3) is 2.72. The van der Waals surface area contributed by atoms with Crippen LogP contribution in [0.3, 0.4) is 0 Å². The van der Waals surface area contributed by atoms with Crippen molar-refractivity contribution in [3.8, 4) is 18.3 Å². The number of ether oxygens (including phenoxy) is 1. The number of terminal acetylenes is 1. The van der Waals surface area contributed by atoms with Crippen LogP contribution in [0.5, 0.6) is 5.75 Å². The van der Waals surface area contributed by atoms with Crippen LogP contribution in [-0.2, 0) is 22.6 Å². The van der Waals surface area contributed by atoms with E-state index >= 15 is 0 Å². The van der Waals surface area contributed by atoms with Gasteiger partial charge in [-0.1, -0.05) is 20.3 Å². The van der Waals surface area contributed by atoms with Crippen LogP contribution in [0.4, 0.5) is 15.8 Å². The molecule has 134 valence electrons. The SMILES string of the molecule is C#CON1C(=O)COc2cc(F)c(N=c3snc4n3CC(C)(C)C4)cc21. The number of fused-ring (bicyclic) bond motifs is 2. The van der Waals surface area contributed by atoms with E-state index in [9.17, 15) is 9.18 Å². The van der Waals surface area contributed by atoms with Crippen LogP contribution in [0.2, 0.25) is 0 Å². The summed E-state index contributed by atoms with van der Waals surface area (Å²) in [6.07, 6.45) is 7.92. The highest BCUT2D eigenvalue weighted by molar-refractivity contribution is 7.02. The number of rotatable bonds is 2. The first-order chi connectivity index (χ1) is 12.4. The van der Waals surface area contributed by atoms with E-state index in [1.54, 1.807) is 0 Å². The number of aromatic nitrogens is 2. The largest absolute Gasteiger partial charge is 0.481 e. The predicted octanol–water partition coefficient (Wildman–Crippen LogP) is 2.15.